The lowest BCUT2D eigenvalue weighted by molar-refractivity contribution is 0.126. The maximum absolute atomic E-state index is 2.39. The Hall–Kier alpha value is 0. The number of hydrogen-bond acceptors (Lipinski definition) is 0. The molecule has 0 nitrogen and oxygen atoms in total. The summed E-state index contributed by atoms with van der Waals surface area (Å²) in [5.74, 6) is 3.07. The summed E-state index contributed by atoms with van der Waals surface area (Å²) >= 11 is 0. The van der Waals surface area contributed by atoms with Gasteiger partial charge in [0.05, 0.1) is 0 Å². The second kappa shape index (κ2) is 120. The van der Waals surface area contributed by atoms with Crippen molar-refractivity contribution in [2.24, 2.45) is 17.8 Å². The molecule has 0 radical (unpaired) electrons. The Morgan fingerprint density at radius 1 is 0.356 bits per heavy atom. The van der Waals surface area contributed by atoms with Gasteiger partial charge in [-0.25, -0.2) is 0 Å². The fourth-order valence-corrected chi connectivity index (χ4v) is 2.34. The van der Waals surface area contributed by atoms with E-state index in [0.29, 0.717) is 0 Å². The van der Waals surface area contributed by atoms with Gasteiger partial charge in [-0.15, -0.1) is 0 Å². The SMILES string of the molecule is CCC.CCC.CCC.CCC.CCC.CCC.CCC.CCC.CCC.CCC.CCC(C)C1CCC1C.CCCCCC. The standard InChI is InChI=1S/C9H18.C6H14.10C3H8/c1-4-7(2)9-6-5-8(9)3;1-3-5-6-4-2;10*1-3-2/h7-9H,4-6H2,1-3H3;3-6H2,1-2H3;10*3H2,1-2H3. The second-order valence-electron chi connectivity index (χ2n) is 12.4. The van der Waals surface area contributed by atoms with Gasteiger partial charge in [-0.05, 0) is 24.2 Å². The Labute approximate surface area is 299 Å². The fraction of sp³-hybridized carbons (Fsp3) is 1.00. The first-order valence-electron chi connectivity index (χ1n) is 21.3. The zero-order valence-electron chi connectivity index (χ0n) is 38.8. The lowest BCUT2D eigenvalue weighted by Gasteiger charge is -2.38. The van der Waals surface area contributed by atoms with Gasteiger partial charge in [-0.2, -0.15) is 0 Å². The second-order valence-corrected chi connectivity index (χ2v) is 12.4. The minimum absolute atomic E-state index is 0.980. The monoisotopic (exact) mass is 653 g/mol. The number of rotatable bonds is 5. The maximum atomic E-state index is 2.39. The van der Waals surface area contributed by atoms with Crippen molar-refractivity contribution in [2.75, 3.05) is 0 Å². The third-order valence-corrected chi connectivity index (χ3v) is 4.02. The lowest BCUT2D eigenvalue weighted by atomic mass is 9.68. The lowest BCUT2D eigenvalue weighted by Crippen LogP contribution is -2.28. The summed E-state index contributed by atoms with van der Waals surface area (Å²) in [6, 6.07) is 0. The van der Waals surface area contributed by atoms with Crippen LogP contribution in [-0.2, 0) is 0 Å². The molecule has 0 aromatic heterocycles. The molecule has 0 saturated heterocycles. The van der Waals surface area contributed by atoms with E-state index in [4.69, 9.17) is 0 Å². The molecular formula is C45H112. The van der Waals surface area contributed by atoms with E-state index < -0.39 is 0 Å². The van der Waals surface area contributed by atoms with Crippen LogP contribution < -0.4 is 0 Å². The van der Waals surface area contributed by atoms with Crippen molar-refractivity contribution in [1.29, 1.82) is 0 Å². The van der Waals surface area contributed by atoms with Crippen molar-refractivity contribution in [1.82, 2.24) is 0 Å². The maximum Gasteiger partial charge on any atom is -0.0363 e. The van der Waals surface area contributed by atoms with E-state index in [1.54, 1.807) is 0 Å². The summed E-state index contributed by atoms with van der Waals surface area (Å²) in [4.78, 5) is 0. The largest absolute Gasteiger partial charge is 0.0656 e. The molecule has 45 heavy (non-hydrogen) atoms. The van der Waals surface area contributed by atoms with Gasteiger partial charge in [0.1, 0.15) is 0 Å². The van der Waals surface area contributed by atoms with Crippen molar-refractivity contribution < 1.29 is 0 Å². The molecular weight excluding hydrogens is 540 g/mol. The van der Waals surface area contributed by atoms with Gasteiger partial charge in [0.2, 0.25) is 0 Å². The minimum atomic E-state index is 0.980. The molecule has 1 saturated carbocycles. The zero-order chi connectivity index (χ0) is 38.8. The van der Waals surface area contributed by atoms with Crippen molar-refractivity contribution in [3.8, 4) is 0 Å². The molecule has 3 unspecified atom stereocenters. The molecule has 0 bridgehead atoms. The zero-order valence-corrected chi connectivity index (χ0v) is 38.8. The predicted molar refractivity (Wildman–Crippen MR) is 231 cm³/mol. The van der Waals surface area contributed by atoms with Crippen LogP contribution in [0.4, 0.5) is 0 Å². The van der Waals surface area contributed by atoms with Crippen LogP contribution in [0.25, 0.3) is 0 Å². The molecule has 1 rings (SSSR count). The first kappa shape index (κ1) is 75.4. The van der Waals surface area contributed by atoms with E-state index in [0.717, 1.165) is 17.8 Å². The first-order valence-corrected chi connectivity index (χ1v) is 21.3. The Balaban J connectivity index is -0.0000000323. The van der Waals surface area contributed by atoms with Gasteiger partial charge < -0.3 is 0 Å². The van der Waals surface area contributed by atoms with E-state index >= 15 is 0 Å². The van der Waals surface area contributed by atoms with Gasteiger partial charge in [0.25, 0.3) is 0 Å². The van der Waals surface area contributed by atoms with Gasteiger partial charge >= 0.3 is 0 Å². The van der Waals surface area contributed by atoms with Crippen molar-refractivity contribution in [2.45, 2.75) is 282 Å². The molecule has 0 aromatic carbocycles. The van der Waals surface area contributed by atoms with Gasteiger partial charge in [0.15, 0.2) is 0 Å². The Kier molecular flexibility index (Phi) is 202. The van der Waals surface area contributed by atoms with Gasteiger partial charge in [0, 0.05) is 0 Å². The predicted octanol–water partition coefficient (Wildman–Crippen LogP) is 19.8. The van der Waals surface area contributed by atoms with Crippen LogP contribution in [0.15, 0.2) is 0 Å². The normalized spacial score (nSPS) is 12.7. The molecule has 0 amide bonds. The van der Waals surface area contributed by atoms with E-state index in [9.17, 15) is 0 Å². The molecule has 0 N–H and O–H groups in total. The van der Waals surface area contributed by atoms with Crippen LogP contribution >= 0.6 is 0 Å². The molecule has 292 valence electrons. The Morgan fingerprint density at radius 3 is 0.578 bits per heavy atom. The summed E-state index contributed by atoms with van der Waals surface area (Å²) in [6.07, 6.45) is 22.4. The van der Waals surface area contributed by atoms with Crippen LogP contribution in [0.1, 0.15) is 282 Å². The van der Waals surface area contributed by atoms with Crippen LogP contribution in [0.3, 0.4) is 0 Å². The molecule has 0 aliphatic heterocycles. The minimum Gasteiger partial charge on any atom is -0.0656 e. The summed E-state index contributed by atoms with van der Waals surface area (Å²) in [5, 5.41) is 0. The van der Waals surface area contributed by atoms with Crippen molar-refractivity contribution in [3.63, 3.8) is 0 Å². The summed E-state index contributed by atoms with van der Waals surface area (Å²) in [5.41, 5.74) is 0. The van der Waals surface area contributed by atoms with Gasteiger partial charge in [-0.1, -0.05) is 276 Å². The molecule has 1 aliphatic carbocycles. The first-order chi connectivity index (χ1) is 21.3. The molecule has 1 fully saturated rings. The highest BCUT2D eigenvalue weighted by atomic mass is 14.3. The highest BCUT2D eigenvalue weighted by Gasteiger charge is 2.29. The molecule has 0 heteroatoms. The molecule has 1 aliphatic rings. The molecule has 0 aromatic rings. The smallest absolute Gasteiger partial charge is 0.0363 e. The van der Waals surface area contributed by atoms with Crippen molar-refractivity contribution in [3.05, 3.63) is 0 Å². The Morgan fingerprint density at radius 2 is 0.533 bits per heavy atom. The van der Waals surface area contributed by atoms with Crippen molar-refractivity contribution >= 4 is 0 Å². The van der Waals surface area contributed by atoms with Gasteiger partial charge in [-0.3, -0.25) is 0 Å². The van der Waals surface area contributed by atoms with E-state index in [-0.39, 0.29) is 0 Å². The Bertz CT molecular complexity index is 207. The average molecular weight is 653 g/mol. The van der Waals surface area contributed by atoms with Crippen LogP contribution in [0.5, 0.6) is 0 Å². The number of unbranched alkanes of at least 4 members (excludes halogenated alkanes) is 3. The highest BCUT2D eigenvalue weighted by Crippen LogP contribution is 2.40. The summed E-state index contributed by atoms with van der Waals surface area (Å²) in [7, 11) is 0. The van der Waals surface area contributed by atoms with Crippen LogP contribution in [0.2, 0.25) is 0 Å². The van der Waals surface area contributed by atoms with E-state index in [1.807, 2.05) is 0 Å². The topological polar surface area (TPSA) is 0 Å². The summed E-state index contributed by atoms with van der Waals surface area (Å²) in [6.45, 7) is 54.0. The molecule has 0 spiro atoms. The fourth-order valence-electron chi connectivity index (χ4n) is 2.34. The molecule has 3 atom stereocenters. The molecule has 0 heterocycles. The van der Waals surface area contributed by atoms with Crippen LogP contribution in [0, 0.1) is 17.8 Å². The number of hydrogen-bond donors (Lipinski definition) is 0. The van der Waals surface area contributed by atoms with E-state index in [2.05, 4.69) is 173 Å². The van der Waals surface area contributed by atoms with E-state index in [1.165, 1.54) is 109 Å². The third-order valence-electron chi connectivity index (χ3n) is 4.02. The quantitative estimate of drug-likeness (QED) is 0.259. The average Bonchev–Trinajstić information content (AvgIpc) is 2.96. The highest BCUT2D eigenvalue weighted by molar-refractivity contribution is 4.80. The van der Waals surface area contributed by atoms with Crippen LogP contribution in [-0.4, -0.2) is 0 Å². The third kappa shape index (κ3) is 240. The summed E-state index contributed by atoms with van der Waals surface area (Å²) < 4.78 is 0.